The lowest BCUT2D eigenvalue weighted by Crippen LogP contribution is -2.47. The average Bonchev–Trinajstić information content (AvgIpc) is 2.18. The number of nitrogens with zero attached hydrogens (tertiary/aromatic N) is 1. The molecule has 94 valence electrons. The smallest absolute Gasteiger partial charge is 0.326 e. The van der Waals surface area contributed by atoms with Crippen LogP contribution in [0.2, 0.25) is 0 Å². The van der Waals surface area contributed by atoms with Gasteiger partial charge in [-0.05, 0) is 12.3 Å². The SMILES string of the molecule is CCC(C(=O)O)N(C)C(=O)C(CN)C(C)C. The summed E-state index contributed by atoms with van der Waals surface area (Å²) < 4.78 is 0. The van der Waals surface area contributed by atoms with E-state index >= 15 is 0 Å². The summed E-state index contributed by atoms with van der Waals surface area (Å²) in [5.74, 6) is -1.35. The molecule has 0 fully saturated rings. The molecule has 0 aromatic rings. The van der Waals surface area contributed by atoms with Crippen molar-refractivity contribution in [3.63, 3.8) is 0 Å². The number of carboxylic acids is 1. The zero-order valence-corrected chi connectivity index (χ0v) is 10.4. The molecular weight excluding hydrogens is 208 g/mol. The number of rotatable bonds is 6. The first-order chi connectivity index (χ1) is 7.36. The minimum absolute atomic E-state index is 0.117. The molecule has 1 amide bonds. The van der Waals surface area contributed by atoms with Crippen LogP contribution in [0.5, 0.6) is 0 Å². The van der Waals surface area contributed by atoms with Crippen molar-refractivity contribution >= 4 is 11.9 Å². The lowest BCUT2D eigenvalue weighted by atomic mass is 9.94. The summed E-state index contributed by atoms with van der Waals surface area (Å²) in [6, 6.07) is -0.764. The van der Waals surface area contributed by atoms with Gasteiger partial charge in [0.25, 0.3) is 0 Å². The van der Waals surface area contributed by atoms with Gasteiger partial charge in [-0.25, -0.2) is 4.79 Å². The van der Waals surface area contributed by atoms with Crippen molar-refractivity contribution in [1.29, 1.82) is 0 Å². The van der Waals surface area contributed by atoms with Crippen LogP contribution < -0.4 is 5.73 Å². The van der Waals surface area contributed by atoms with Gasteiger partial charge < -0.3 is 15.7 Å². The third kappa shape index (κ3) is 3.48. The molecule has 0 aliphatic rings. The highest BCUT2D eigenvalue weighted by molar-refractivity contribution is 5.85. The van der Waals surface area contributed by atoms with E-state index in [2.05, 4.69) is 0 Å². The number of aliphatic carboxylic acids is 1. The molecule has 0 rings (SSSR count). The zero-order chi connectivity index (χ0) is 12.9. The second-order valence-electron chi connectivity index (χ2n) is 4.30. The standard InChI is InChI=1S/C11H22N2O3/c1-5-9(11(15)16)13(4)10(14)8(6-12)7(2)3/h7-9H,5-6,12H2,1-4H3,(H,15,16). The van der Waals surface area contributed by atoms with Crippen LogP contribution in [-0.2, 0) is 9.59 Å². The third-order valence-electron chi connectivity index (χ3n) is 2.86. The Morgan fingerprint density at radius 1 is 1.38 bits per heavy atom. The van der Waals surface area contributed by atoms with E-state index in [1.807, 2.05) is 13.8 Å². The Hall–Kier alpha value is -1.10. The van der Waals surface area contributed by atoms with Crippen LogP contribution in [0.4, 0.5) is 0 Å². The van der Waals surface area contributed by atoms with Gasteiger partial charge in [0.2, 0.25) is 5.91 Å². The lowest BCUT2D eigenvalue weighted by molar-refractivity contribution is -0.151. The third-order valence-corrected chi connectivity index (χ3v) is 2.86. The van der Waals surface area contributed by atoms with Crippen LogP contribution in [0, 0.1) is 11.8 Å². The van der Waals surface area contributed by atoms with Crippen LogP contribution in [0.15, 0.2) is 0 Å². The van der Waals surface area contributed by atoms with Gasteiger partial charge in [-0.1, -0.05) is 20.8 Å². The zero-order valence-electron chi connectivity index (χ0n) is 10.4. The number of carbonyl (C=O) groups excluding carboxylic acids is 1. The minimum atomic E-state index is -0.974. The molecule has 0 saturated heterocycles. The van der Waals surface area contributed by atoms with Crippen molar-refractivity contribution in [2.45, 2.75) is 33.2 Å². The maximum Gasteiger partial charge on any atom is 0.326 e. The van der Waals surface area contributed by atoms with Gasteiger partial charge in [-0.15, -0.1) is 0 Å². The highest BCUT2D eigenvalue weighted by Crippen LogP contribution is 2.15. The van der Waals surface area contributed by atoms with Crippen molar-refractivity contribution < 1.29 is 14.7 Å². The van der Waals surface area contributed by atoms with E-state index in [1.54, 1.807) is 6.92 Å². The maximum atomic E-state index is 12.0. The lowest BCUT2D eigenvalue weighted by Gasteiger charge is -2.29. The summed E-state index contributed by atoms with van der Waals surface area (Å²) in [6.45, 7) is 5.81. The Balaban J connectivity index is 4.75. The summed E-state index contributed by atoms with van der Waals surface area (Å²) in [4.78, 5) is 24.2. The van der Waals surface area contributed by atoms with E-state index in [-0.39, 0.29) is 24.3 Å². The number of carboxylic acid groups (broad SMARTS) is 1. The molecule has 0 saturated carbocycles. The second-order valence-corrected chi connectivity index (χ2v) is 4.30. The Morgan fingerprint density at radius 2 is 1.88 bits per heavy atom. The highest BCUT2D eigenvalue weighted by Gasteiger charge is 2.30. The van der Waals surface area contributed by atoms with E-state index in [0.717, 1.165) is 0 Å². The quantitative estimate of drug-likeness (QED) is 0.697. The van der Waals surface area contributed by atoms with E-state index in [9.17, 15) is 9.59 Å². The molecular formula is C11H22N2O3. The Bertz CT molecular complexity index is 254. The summed E-state index contributed by atoms with van der Waals surface area (Å²) in [5, 5.41) is 8.96. The molecule has 3 N–H and O–H groups in total. The van der Waals surface area contributed by atoms with E-state index in [1.165, 1.54) is 11.9 Å². The molecule has 0 aliphatic carbocycles. The molecule has 5 heteroatoms. The molecule has 0 heterocycles. The van der Waals surface area contributed by atoms with Crippen LogP contribution in [0.25, 0.3) is 0 Å². The summed E-state index contributed by atoms with van der Waals surface area (Å²) in [6.07, 6.45) is 0.396. The van der Waals surface area contributed by atoms with Crippen molar-refractivity contribution in [1.82, 2.24) is 4.90 Å². The first kappa shape index (κ1) is 14.9. The van der Waals surface area contributed by atoms with E-state index in [0.29, 0.717) is 6.42 Å². The maximum absolute atomic E-state index is 12.0. The number of likely N-dealkylation sites (N-methyl/N-ethyl adjacent to an activating group) is 1. The largest absolute Gasteiger partial charge is 0.480 e. The van der Waals surface area contributed by atoms with E-state index in [4.69, 9.17) is 10.8 Å². The van der Waals surface area contributed by atoms with Gasteiger partial charge in [0.1, 0.15) is 6.04 Å². The fourth-order valence-corrected chi connectivity index (χ4v) is 1.69. The van der Waals surface area contributed by atoms with Crippen LogP contribution in [-0.4, -0.2) is 41.5 Å². The van der Waals surface area contributed by atoms with Gasteiger partial charge in [0.15, 0.2) is 0 Å². The first-order valence-electron chi connectivity index (χ1n) is 5.56. The van der Waals surface area contributed by atoms with Gasteiger partial charge >= 0.3 is 5.97 Å². The molecule has 2 atom stereocenters. The Kier molecular flexibility index (Phi) is 6.03. The average molecular weight is 230 g/mol. The predicted molar refractivity (Wildman–Crippen MR) is 61.9 cm³/mol. The summed E-state index contributed by atoms with van der Waals surface area (Å²) in [7, 11) is 1.52. The first-order valence-corrected chi connectivity index (χ1v) is 5.56. The second kappa shape index (κ2) is 6.48. The van der Waals surface area contributed by atoms with Crippen molar-refractivity contribution in [3.8, 4) is 0 Å². The van der Waals surface area contributed by atoms with Gasteiger partial charge in [-0.3, -0.25) is 4.79 Å². The Morgan fingerprint density at radius 3 is 2.12 bits per heavy atom. The number of hydrogen-bond donors (Lipinski definition) is 2. The molecule has 0 spiro atoms. The normalized spacial score (nSPS) is 14.6. The monoisotopic (exact) mass is 230 g/mol. The van der Waals surface area contributed by atoms with Crippen molar-refractivity contribution in [2.75, 3.05) is 13.6 Å². The van der Waals surface area contributed by atoms with Crippen molar-refractivity contribution in [2.24, 2.45) is 17.6 Å². The number of hydrogen-bond acceptors (Lipinski definition) is 3. The van der Waals surface area contributed by atoms with Crippen LogP contribution in [0.3, 0.4) is 0 Å². The molecule has 2 unspecified atom stereocenters. The fourth-order valence-electron chi connectivity index (χ4n) is 1.69. The topological polar surface area (TPSA) is 83.6 Å². The number of nitrogens with two attached hydrogens (primary N) is 1. The number of carbonyl (C=O) groups is 2. The summed E-state index contributed by atoms with van der Waals surface area (Å²) in [5.41, 5.74) is 5.54. The molecule has 16 heavy (non-hydrogen) atoms. The minimum Gasteiger partial charge on any atom is -0.480 e. The van der Waals surface area contributed by atoms with Crippen LogP contribution >= 0.6 is 0 Å². The summed E-state index contributed by atoms with van der Waals surface area (Å²) >= 11 is 0. The van der Waals surface area contributed by atoms with Crippen LogP contribution in [0.1, 0.15) is 27.2 Å². The molecule has 0 bridgehead atoms. The van der Waals surface area contributed by atoms with Gasteiger partial charge in [0.05, 0.1) is 5.92 Å². The van der Waals surface area contributed by atoms with Gasteiger partial charge in [0, 0.05) is 13.6 Å². The molecule has 0 aromatic carbocycles. The highest BCUT2D eigenvalue weighted by atomic mass is 16.4. The fraction of sp³-hybridized carbons (Fsp3) is 0.818. The van der Waals surface area contributed by atoms with Crippen molar-refractivity contribution in [3.05, 3.63) is 0 Å². The molecule has 0 aromatic heterocycles. The molecule has 0 radical (unpaired) electrons. The Labute approximate surface area is 96.6 Å². The van der Waals surface area contributed by atoms with E-state index < -0.39 is 12.0 Å². The number of amides is 1. The molecule has 0 aliphatic heterocycles. The molecule has 5 nitrogen and oxygen atoms in total. The predicted octanol–water partition coefficient (Wildman–Crippen LogP) is 0.539. The van der Waals surface area contributed by atoms with Gasteiger partial charge in [-0.2, -0.15) is 0 Å².